The normalized spacial score (nSPS) is 31.2. The first-order valence-corrected chi connectivity index (χ1v) is 10.3. The summed E-state index contributed by atoms with van der Waals surface area (Å²) < 4.78 is 0. The molecule has 142 valence electrons. The van der Waals surface area contributed by atoms with E-state index in [-0.39, 0.29) is 17.2 Å². The fourth-order valence-electron chi connectivity index (χ4n) is 6.22. The maximum Gasteiger partial charge on any atom is 0.267 e. The Balaban J connectivity index is 1.14. The molecule has 2 aromatic rings. The molecule has 4 fully saturated rings. The summed E-state index contributed by atoms with van der Waals surface area (Å²) in [6, 6.07) is 9.70. The van der Waals surface area contributed by atoms with Gasteiger partial charge in [-0.05, 0) is 68.4 Å². The Hall–Kier alpha value is -2.30. The highest BCUT2D eigenvalue weighted by atomic mass is 16.2. The summed E-state index contributed by atoms with van der Waals surface area (Å²) in [5.74, 6) is 2.40. The van der Waals surface area contributed by atoms with Crippen molar-refractivity contribution in [1.82, 2.24) is 15.6 Å². The van der Waals surface area contributed by atoms with Crippen LogP contribution in [0.1, 0.15) is 49.0 Å². The van der Waals surface area contributed by atoms with Gasteiger partial charge < -0.3 is 15.6 Å². The monoisotopic (exact) mass is 365 g/mol. The van der Waals surface area contributed by atoms with Crippen LogP contribution in [-0.2, 0) is 4.79 Å². The largest absolute Gasteiger partial charge is 0.354 e. The second-order valence-corrected chi connectivity index (χ2v) is 8.98. The van der Waals surface area contributed by atoms with E-state index in [2.05, 4.69) is 15.6 Å². The Morgan fingerprint density at radius 3 is 2.26 bits per heavy atom. The van der Waals surface area contributed by atoms with Gasteiger partial charge in [0.2, 0.25) is 5.91 Å². The summed E-state index contributed by atoms with van der Waals surface area (Å²) in [4.78, 5) is 28.4. The second kappa shape index (κ2) is 6.39. The highest BCUT2D eigenvalue weighted by molar-refractivity contribution is 5.98. The fourth-order valence-corrected chi connectivity index (χ4v) is 6.22. The number of hydrogen-bond donors (Lipinski definition) is 3. The van der Waals surface area contributed by atoms with Crippen LogP contribution in [0.25, 0.3) is 10.9 Å². The molecule has 4 aliphatic carbocycles. The third-order valence-electron chi connectivity index (χ3n) is 6.99. The summed E-state index contributed by atoms with van der Waals surface area (Å²) in [5, 5.41) is 7.04. The molecule has 2 amide bonds. The molecule has 1 heterocycles. The Bertz CT molecular complexity index is 816. The molecule has 6 rings (SSSR count). The number of rotatable bonds is 5. The van der Waals surface area contributed by atoms with Gasteiger partial charge in [0, 0.05) is 29.4 Å². The Morgan fingerprint density at radius 2 is 1.59 bits per heavy atom. The van der Waals surface area contributed by atoms with Crippen LogP contribution in [0.4, 0.5) is 0 Å². The number of carbonyl (C=O) groups is 2. The molecular formula is C22H27N3O2. The van der Waals surface area contributed by atoms with E-state index in [9.17, 15) is 9.59 Å². The molecule has 1 aromatic heterocycles. The number of hydrogen-bond acceptors (Lipinski definition) is 2. The lowest BCUT2D eigenvalue weighted by Crippen LogP contribution is -2.54. The van der Waals surface area contributed by atoms with Crippen LogP contribution in [0, 0.1) is 23.2 Å². The lowest BCUT2D eigenvalue weighted by molar-refractivity contribution is -0.146. The van der Waals surface area contributed by atoms with Crippen molar-refractivity contribution in [3.05, 3.63) is 36.0 Å². The topological polar surface area (TPSA) is 74.0 Å². The van der Waals surface area contributed by atoms with E-state index in [4.69, 9.17) is 0 Å². The molecule has 0 aliphatic heterocycles. The van der Waals surface area contributed by atoms with Crippen molar-refractivity contribution in [2.75, 3.05) is 13.1 Å². The molecule has 0 saturated heterocycles. The number of H-pyrrole nitrogens is 1. The van der Waals surface area contributed by atoms with E-state index >= 15 is 0 Å². The molecule has 5 heteroatoms. The average Bonchev–Trinajstić information content (AvgIpc) is 3.08. The summed E-state index contributed by atoms with van der Waals surface area (Å²) >= 11 is 0. The standard InChI is InChI=1S/C22H27N3O2/c26-20(19-10-17-3-1-2-4-18(17)25-19)23-5-6-24-21(27)22-11-14-7-15(12-22)9-16(8-14)13-22/h1-4,10,14-16,25H,5-9,11-13H2,(H,23,26)(H,24,27). The highest BCUT2D eigenvalue weighted by Crippen LogP contribution is 2.60. The number of para-hydroxylation sites is 1. The summed E-state index contributed by atoms with van der Waals surface area (Å²) in [7, 11) is 0. The fraction of sp³-hybridized carbons (Fsp3) is 0.545. The predicted octanol–water partition coefficient (Wildman–Crippen LogP) is 3.23. The van der Waals surface area contributed by atoms with E-state index < -0.39 is 0 Å². The number of amides is 2. The molecule has 0 spiro atoms. The molecule has 0 unspecified atom stereocenters. The first-order valence-electron chi connectivity index (χ1n) is 10.3. The third-order valence-corrected chi connectivity index (χ3v) is 6.99. The van der Waals surface area contributed by atoms with Crippen molar-refractivity contribution >= 4 is 22.7 Å². The van der Waals surface area contributed by atoms with E-state index in [0.29, 0.717) is 18.8 Å². The number of carbonyl (C=O) groups excluding carboxylic acids is 2. The zero-order valence-electron chi connectivity index (χ0n) is 15.6. The van der Waals surface area contributed by atoms with Crippen molar-refractivity contribution in [1.29, 1.82) is 0 Å². The van der Waals surface area contributed by atoms with Crippen molar-refractivity contribution < 1.29 is 9.59 Å². The van der Waals surface area contributed by atoms with Gasteiger partial charge in [-0.1, -0.05) is 18.2 Å². The van der Waals surface area contributed by atoms with Crippen LogP contribution in [0.15, 0.2) is 30.3 Å². The quantitative estimate of drug-likeness (QED) is 0.712. The summed E-state index contributed by atoms with van der Waals surface area (Å²) in [6.45, 7) is 0.943. The van der Waals surface area contributed by atoms with E-state index in [1.807, 2.05) is 30.3 Å². The lowest BCUT2D eigenvalue weighted by Gasteiger charge is -2.55. The Labute approximate surface area is 159 Å². The smallest absolute Gasteiger partial charge is 0.267 e. The maximum atomic E-state index is 12.9. The molecule has 0 atom stereocenters. The minimum atomic E-state index is -0.129. The van der Waals surface area contributed by atoms with Crippen molar-refractivity contribution in [2.45, 2.75) is 38.5 Å². The van der Waals surface area contributed by atoms with Gasteiger partial charge in [-0.15, -0.1) is 0 Å². The van der Waals surface area contributed by atoms with Gasteiger partial charge >= 0.3 is 0 Å². The van der Waals surface area contributed by atoms with Crippen LogP contribution in [0.3, 0.4) is 0 Å². The number of aromatic nitrogens is 1. The minimum Gasteiger partial charge on any atom is -0.354 e. The molecule has 4 bridgehead atoms. The SMILES string of the molecule is O=C(NCCNC(=O)C12CC3CC(CC(C3)C1)C2)c1cc2ccccc2[nH]1. The van der Waals surface area contributed by atoms with Gasteiger partial charge in [-0.3, -0.25) is 9.59 Å². The van der Waals surface area contributed by atoms with Gasteiger partial charge in [-0.2, -0.15) is 0 Å². The number of aromatic amines is 1. The zero-order chi connectivity index (χ0) is 18.4. The lowest BCUT2D eigenvalue weighted by atomic mass is 9.49. The predicted molar refractivity (Wildman–Crippen MR) is 104 cm³/mol. The molecular weight excluding hydrogens is 338 g/mol. The molecule has 27 heavy (non-hydrogen) atoms. The van der Waals surface area contributed by atoms with Gasteiger partial charge in [0.1, 0.15) is 5.69 Å². The van der Waals surface area contributed by atoms with Crippen LogP contribution < -0.4 is 10.6 Å². The van der Waals surface area contributed by atoms with E-state index in [1.165, 1.54) is 19.3 Å². The average molecular weight is 365 g/mol. The number of benzene rings is 1. The number of fused-ring (bicyclic) bond motifs is 1. The first kappa shape index (κ1) is 16.8. The van der Waals surface area contributed by atoms with E-state index in [1.54, 1.807) is 0 Å². The number of nitrogens with one attached hydrogen (secondary N) is 3. The van der Waals surface area contributed by atoms with Crippen LogP contribution >= 0.6 is 0 Å². The first-order chi connectivity index (χ1) is 13.1. The Kier molecular flexibility index (Phi) is 3.99. The van der Waals surface area contributed by atoms with Crippen molar-refractivity contribution in [3.63, 3.8) is 0 Å². The molecule has 0 radical (unpaired) electrons. The zero-order valence-corrected chi connectivity index (χ0v) is 15.6. The molecule has 3 N–H and O–H groups in total. The van der Waals surface area contributed by atoms with E-state index in [0.717, 1.165) is 47.9 Å². The highest BCUT2D eigenvalue weighted by Gasteiger charge is 2.54. The minimum absolute atomic E-state index is 0.115. The van der Waals surface area contributed by atoms with Gasteiger partial charge in [0.25, 0.3) is 5.91 Å². The molecule has 4 saturated carbocycles. The van der Waals surface area contributed by atoms with Crippen LogP contribution in [0.5, 0.6) is 0 Å². The maximum absolute atomic E-state index is 12.9. The third kappa shape index (κ3) is 3.03. The van der Waals surface area contributed by atoms with Gasteiger partial charge in [0.15, 0.2) is 0 Å². The van der Waals surface area contributed by atoms with Crippen molar-refractivity contribution in [2.24, 2.45) is 23.2 Å². The van der Waals surface area contributed by atoms with Crippen molar-refractivity contribution in [3.8, 4) is 0 Å². The van der Waals surface area contributed by atoms with Crippen LogP contribution in [0.2, 0.25) is 0 Å². The van der Waals surface area contributed by atoms with Gasteiger partial charge in [-0.25, -0.2) is 0 Å². The van der Waals surface area contributed by atoms with Crippen LogP contribution in [-0.4, -0.2) is 29.9 Å². The summed E-state index contributed by atoms with van der Waals surface area (Å²) in [6.07, 6.45) is 7.25. The van der Waals surface area contributed by atoms with Gasteiger partial charge in [0.05, 0.1) is 0 Å². The Morgan fingerprint density at radius 1 is 0.963 bits per heavy atom. The summed E-state index contributed by atoms with van der Waals surface area (Å²) in [5.41, 5.74) is 1.40. The molecule has 1 aromatic carbocycles. The molecule has 5 nitrogen and oxygen atoms in total. The second-order valence-electron chi connectivity index (χ2n) is 8.98. The molecule has 4 aliphatic rings.